The molecule has 0 amide bonds. The molecule has 1 heteroatoms. The zero-order chi connectivity index (χ0) is 17.3. The summed E-state index contributed by atoms with van der Waals surface area (Å²) in [5.41, 5.74) is 0.342. The number of hydrogen-bond acceptors (Lipinski definition) is 1. The van der Waals surface area contributed by atoms with Gasteiger partial charge in [-0.3, -0.25) is 4.79 Å². The number of hydrogen-bond donors (Lipinski definition) is 0. The largest absolute Gasteiger partial charge is 0.300 e. The van der Waals surface area contributed by atoms with Gasteiger partial charge in [-0.25, -0.2) is 0 Å². The molecule has 7 atom stereocenters. The molecule has 0 aromatic heterocycles. The fourth-order valence-corrected chi connectivity index (χ4v) is 7.19. The van der Waals surface area contributed by atoms with Crippen molar-refractivity contribution in [3.8, 4) is 0 Å². The first-order chi connectivity index (χ1) is 11.5. The Morgan fingerprint density at radius 1 is 1.17 bits per heavy atom. The molecule has 138 valence electrons. The van der Waals surface area contributed by atoms with E-state index in [9.17, 15) is 4.79 Å². The quantitative estimate of drug-likeness (QED) is 0.532. The van der Waals surface area contributed by atoms with Crippen molar-refractivity contribution in [2.75, 3.05) is 0 Å². The van der Waals surface area contributed by atoms with Gasteiger partial charge in [-0.15, -0.1) is 0 Å². The molecule has 0 spiro atoms. The first-order valence-corrected chi connectivity index (χ1v) is 11.0. The Morgan fingerprint density at radius 3 is 2.67 bits per heavy atom. The first-order valence-electron chi connectivity index (χ1n) is 11.0. The summed E-state index contributed by atoms with van der Waals surface area (Å²) in [4.78, 5) is 12.1. The molecule has 0 heterocycles. The lowest BCUT2D eigenvalue weighted by atomic mass is 9.53. The van der Waals surface area contributed by atoms with Crippen LogP contribution in [0.25, 0.3) is 0 Å². The molecule has 3 aliphatic carbocycles. The third kappa shape index (κ3) is 3.47. The lowest BCUT2D eigenvalue weighted by Gasteiger charge is -2.51. The Labute approximate surface area is 150 Å². The van der Waals surface area contributed by atoms with Gasteiger partial charge in [0.1, 0.15) is 5.78 Å². The summed E-state index contributed by atoms with van der Waals surface area (Å²) in [5.74, 6) is 5.53. The van der Waals surface area contributed by atoms with Gasteiger partial charge in [-0.2, -0.15) is 0 Å². The Balaban J connectivity index is 1.59. The molecule has 1 nitrogen and oxygen atoms in total. The Morgan fingerprint density at radius 2 is 1.96 bits per heavy atom. The topological polar surface area (TPSA) is 17.1 Å². The molecule has 3 aliphatic rings. The van der Waals surface area contributed by atoms with Gasteiger partial charge in [0.15, 0.2) is 0 Å². The van der Waals surface area contributed by atoms with Crippen molar-refractivity contribution in [2.45, 2.75) is 98.3 Å². The first kappa shape index (κ1) is 18.5. The van der Waals surface area contributed by atoms with E-state index >= 15 is 0 Å². The molecule has 3 fully saturated rings. The Bertz CT molecular complexity index is 441. The number of carbonyl (C=O) groups is 1. The average Bonchev–Trinajstić information content (AvgIpc) is 2.90. The summed E-state index contributed by atoms with van der Waals surface area (Å²) in [7, 11) is 0. The zero-order valence-electron chi connectivity index (χ0n) is 16.7. The maximum absolute atomic E-state index is 12.1. The second-order valence-corrected chi connectivity index (χ2v) is 9.98. The van der Waals surface area contributed by atoms with Crippen LogP contribution in [0.4, 0.5) is 0 Å². The standard InChI is InChI=1S/C23H40O/c1-5-6-7-16(2)14-18-8-9-20-19(15-18)12-13-23(4)21(17(3)24)10-11-22(20)23/h16,18-22H,5-15H2,1-4H3/t16-,18?,19?,20+,21+,22?,23+/m0/s1. The summed E-state index contributed by atoms with van der Waals surface area (Å²) in [6, 6.07) is 0. The van der Waals surface area contributed by atoms with Crippen LogP contribution in [-0.2, 0) is 4.79 Å². The van der Waals surface area contributed by atoms with Gasteiger partial charge in [0.05, 0.1) is 0 Å². The van der Waals surface area contributed by atoms with Gasteiger partial charge in [0.25, 0.3) is 0 Å². The van der Waals surface area contributed by atoms with E-state index in [4.69, 9.17) is 0 Å². The molecular weight excluding hydrogens is 292 g/mol. The van der Waals surface area contributed by atoms with Crippen molar-refractivity contribution in [2.24, 2.45) is 40.9 Å². The van der Waals surface area contributed by atoms with Crippen LogP contribution in [0.5, 0.6) is 0 Å². The summed E-state index contributed by atoms with van der Waals surface area (Å²) in [6.45, 7) is 9.10. The van der Waals surface area contributed by atoms with Crippen LogP contribution in [0.3, 0.4) is 0 Å². The van der Waals surface area contributed by atoms with Crippen LogP contribution in [0, 0.1) is 40.9 Å². The van der Waals surface area contributed by atoms with Crippen LogP contribution < -0.4 is 0 Å². The predicted octanol–water partition coefficient (Wildman–Crippen LogP) is 6.65. The predicted molar refractivity (Wildman–Crippen MR) is 102 cm³/mol. The minimum Gasteiger partial charge on any atom is -0.300 e. The molecule has 0 saturated heterocycles. The minimum atomic E-state index is 0.342. The van der Waals surface area contributed by atoms with Crippen LogP contribution in [0.2, 0.25) is 0 Å². The van der Waals surface area contributed by atoms with Gasteiger partial charge >= 0.3 is 0 Å². The summed E-state index contributed by atoms with van der Waals surface area (Å²) in [6.07, 6.45) is 15.3. The number of rotatable bonds is 6. The van der Waals surface area contributed by atoms with Crippen molar-refractivity contribution >= 4 is 5.78 Å². The molecule has 0 aromatic carbocycles. The van der Waals surface area contributed by atoms with Crippen LogP contribution in [0.15, 0.2) is 0 Å². The SMILES string of the molecule is CCCC[C@H](C)CC1CC[C@@H]2C(CC[C@@]3(C)C2CC[C@@H]3C(C)=O)C1. The summed E-state index contributed by atoms with van der Waals surface area (Å²) < 4.78 is 0. The van der Waals surface area contributed by atoms with Crippen molar-refractivity contribution < 1.29 is 4.79 Å². The van der Waals surface area contributed by atoms with Crippen molar-refractivity contribution in [1.29, 1.82) is 0 Å². The number of unbranched alkanes of at least 4 members (excludes halogenated alkanes) is 1. The van der Waals surface area contributed by atoms with Gasteiger partial charge in [-0.1, -0.05) is 46.5 Å². The monoisotopic (exact) mass is 332 g/mol. The highest BCUT2D eigenvalue weighted by Gasteiger charge is 2.55. The smallest absolute Gasteiger partial charge is 0.133 e. The fourth-order valence-electron chi connectivity index (χ4n) is 7.19. The lowest BCUT2D eigenvalue weighted by Crippen LogP contribution is -2.45. The van der Waals surface area contributed by atoms with E-state index in [-0.39, 0.29) is 0 Å². The van der Waals surface area contributed by atoms with E-state index < -0.39 is 0 Å². The van der Waals surface area contributed by atoms with Gasteiger partial charge < -0.3 is 0 Å². The van der Waals surface area contributed by atoms with Gasteiger partial charge in [0, 0.05) is 5.92 Å². The van der Waals surface area contributed by atoms with Crippen molar-refractivity contribution in [1.82, 2.24) is 0 Å². The van der Waals surface area contributed by atoms with Crippen LogP contribution in [0.1, 0.15) is 98.3 Å². The van der Waals surface area contributed by atoms with E-state index in [1.54, 1.807) is 0 Å². The molecule has 3 rings (SSSR count). The highest BCUT2D eigenvalue weighted by atomic mass is 16.1. The summed E-state index contributed by atoms with van der Waals surface area (Å²) >= 11 is 0. The molecule has 0 aliphatic heterocycles. The van der Waals surface area contributed by atoms with E-state index in [0.29, 0.717) is 17.1 Å². The van der Waals surface area contributed by atoms with Crippen molar-refractivity contribution in [3.05, 3.63) is 0 Å². The maximum atomic E-state index is 12.1. The lowest BCUT2D eigenvalue weighted by molar-refractivity contribution is -0.126. The molecule has 24 heavy (non-hydrogen) atoms. The second-order valence-electron chi connectivity index (χ2n) is 9.98. The van der Waals surface area contributed by atoms with E-state index in [1.807, 2.05) is 6.92 Å². The van der Waals surface area contributed by atoms with Gasteiger partial charge in [0.2, 0.25) is 0 Å². The van der Waals surface area contributed by atoms with E-state index in [0.717, 1.165) is 29.6 Å². The average molecular weight is 333 g/mol. The van der Waals surface area contributed by atoms with Gasteiger partial charge in [-0.05, 0) is 86.9 Å². The normalized spacial score (nSPS) is 43.1. The third-order valence-corrected chi connectivity index (χ3v) is 8.41. The maximum Gasteiger partial charge on any atom is 0.133 e. The molecular formula is C23H40O. The Kier molecular flexibility index (Phi) is 5.77. The number of Topliss-reactive ketones (excluding diaryl/α,β-unsaturated/α-hetero) is 1. The number of ketones is 1. The molecule has 0 N–H and O–H groups in total. The Hall–Kier alpha value is -0.330. The van der Waals surface area contributed by atoms with Crippen LogP contribution in [-0.4, -0.2) is 5.78 Å². The zero-order valence-corrected chi connectivity index (χ0v) is 16.7. The van der Waals surface area contributed by atoms with E-state index in [2.05, 4.69) is 20.8 Å². The highest BCUT2D eigenvalue weighted by Crippen LogP contribution is 2.62. The molecule has 0 bridgehead atoms. The van der Waals surface area contributed by atoms with Crippen molar-refractivity contribution in [3.63, 3.8) is 0 Å². The van der Waals surface area contributed by atoms with Crippen LogP contribution >= 0.6 is 0 Å². The fraction of sp³-hybridized carbons (Fsp3) is 0.957. The number of fused-ring (bicyclic) bond motifs is 3. The second kappa shape index (κ2) is 7.50. The molecule has 0 aromatic rings. The number of carbonyl (C=O) groups excluding carboxylic acids is 1. The molecule has 3 saturated carbocycles. The highest BCUT2D eigenvalue weighted by molar-refractivity contribution is 5.79. The summed E-state index contributed by atoms with van der Waals surface area (Å²) in [5, 5.41) is 0. The molecule has 3 unspecified atom stereocenters. The minimum absolute atomic E-state index is 0.342. The van der Waals surface area contributed by atoms with E-state index in [1.165, 1.54) is 70.6 Å². The molecule has 0 radical (unpaired) electrons. The third-order valence-electron chi connectivity index (χ3n) is 8.41.